The third-order valence-corrected chi connectivity index (χ3v) is 5.64. The molecule has 0 saturated heterocycles. The highest BCUT2D eigenvalue weighted by molar-refractivity contribution is 6.01. The van der Waals surface area contributed by atoms with E-state index in [0.29, 0.717) is 0 Å². The summed E-state index contributed by atoms with van der Waals surface area (Å²) in [6.07, 6.45) is 3.88. The monoisotopic (exact) mass is 456 g/mol. The van der Waals surface area contributed by atoms with Crippen molar-refractivity contribution in [1.29, 1.82) is 0 Å². The number of aryl methyl sites for hydroxylation is 2. The summed E-state index contributed by atoms with van der Waals surface area (Å²) < 4.78 is 2.03. The molecule has 6 heteroatoms. The van der Waals surface area contributed by atoms with Crippen molar-refractivity contribution in [3.63, 3.8) is 0 Å². The van der Waals surface area contributed by atoms with Crippen molar-refractivity contribution < 1.29 is 0 Å². The fraction of sp³-hybridized carbons (Fsp3) is 0.0690. The van der Waals surface area contributed by atoms with Gasteiger partial charge in [0, 0.05) is 24.0 Å². The van der Waals surface area contributed by atoms with Crippen molar-refractivity contribution in [2.45, 2.75) is 6.92 Å². The highest BCUT2D eigenvalue weighted by Gasteiger charge is 2.05. The number of aromatic nitrogens is 1. The highest BCUT2D eigenvalue weighted by atomic mass is 15.1. The molecule has 0 N–H and O–H groups in total. The van der Waals surface area contributed by atoms with Gasteiger partial charge in [-0.2, -0.15) is 15.3 Å². The average Bonchev–Trinajstić information content (AvgIpc) is 3.31. The van der Waals surface area contributed by atoms with Crippen molar-refractivity contribution in [1.82, 2.24) is 4.57 Å². The normalized spacial score (nSPS) is 11.9. The number of aliphatic imine (C=N–C) groups is 1. The Bertz CT molecular complexity index is 1540. The van der Waals surface area contributed by atoms with Crippen molar-refractivity contribution >= 4 is 45.4 Å². The Morgan fingerprint density at radius 3 is 1.71 bits per heavy atom. The minimum absolute atomic E-state index is 0.745. The third-order valence-electron chi connectivity index (χ3n) is 5.64. The van der Waals surface area contributed by atoms with E-state index < -0.39 is 0 Å². The van der Waals surface area contributed by atoms with Gasteiger partial charge in [-0.25, -0.2) is 0 Å². The smallest absolute Gasteiger partial charge is 0.0936 e. The second-order valence-electron chi connectivity index (χ2n) is 8.20. The van der Waals surface area contributed by atoms with E-state index in [4.69, 9.17) is 4.99 Å². The van der Waals surface area contributed by atoms with Crippen molar-refractivity contribution in [3.05, 3.63) is 115 Å². The summed E-state index contributed by atoms with van der Waals surface area (Å²) in [7, 11) is 2.00. The van der Waals surface area contributed by atoms with E-state index in [2.05, 4.69) is 26.5 Å². The fourth-order valence-electron chi connectivity index (χ4n) is 3.64. The second kappa shape index (κ2) is 10.1. The lowest BCUT2D eigenvalue weighted by Gasteiger charge is -2.05. The van der Waals surface area contributed by atoms with E-state index in [1.165, 1.54) is 5.56 Å². The molecule has 0 saturated carbocycles. The maximum absolute atomic E-state index is 4.71. The molecule has 0 aliphatic rings. The van der Waals surface area contributed by atoms with E-state index in [1.807, 2.05) is 122 Å². The van der Waals surface area contributed by atoms with Gasteiger partial charge in [-0.3, -0.25) is 4.99 Å². The summed E-state index contributed by atoms with van der Waals surface area (Å²) in [5.74, 6) is 0. The van der Waals surface area contributed by atoms with Crippen LogP contribution in [0.5, 0.6) is 0 Å². The molecule has 6 nitrogen and oxygen atoms in total. The number of rotatable bonds is 6. The Labute approximate surface area is 204 Å². The van der Waals surface area contributed by atoms with E-state index in [-0.39, 0.29) is 0 Å². The van der Waals surface area contributed by atoms with Gasteiger partial charge in [0.1, 0.15) is 0 Å². The maximum atomic E-state index is 4.71. The average molecular weight is 457 g/mol. The lowest BCUT2D eigenvalue weighted by Crippen LogP contribution is -1.91. The Hall–Kier alpha value is -4.71. The molecular weight excluding hydrogens is 432 g/mol. The molecule has 0 aliphatic heterocycles. The van der Waals surface area contributed by atoms with Crippen LogP contribution in [-0.2, 0) is 7.05 Å². The van der Waals surface area contributed by atoms with Gasteiger partial charge in [0.2, 0.25) is 0 Å². The van der Waals surface area contributed by atoms with Gasteiger partial charge >= 0.3 is 0 Å². The molecule has 1 aromatic heterocycles. The number of benzene rings is 4. The van der Waals surface area contributed by atoms with Crippen LogP contribution in [0.15, 0.2) is 129 Å². The van der Waals surface area contributed by atoms with E-state index in [1.54, 1.807) is 0 Å². The van der Waals surface area contributed by atoms with Crippen LogP contribution in [-0.4, -0.2) is 10.8 Å². The molecule has 35 heavy (non-hydrogen) atoms. The minimum atomic E-state index is 0.745. The van der Waals surface area contributed by atoms with Gasteiger partial charge < -0.3 is 4.57 Å². The summed E-state index contributed by atoms with van der Waals surface area (Å²) in [4.78, 5) is 4.71. The summed E-state index contributed by atoms with van der Waals surface area (Å²) in [6, 6.07) is 31.5. The Morgan fingerprint density at radius 2 is 1.11 bits per heavy atom. The molecule has 0 radical (unpaired) electrons. The van der Waals surface area contributed by atoms with Gasteiger partial charge in [-0.1, -0.05) is 42.0 Å². The molecule has 5 aromatic rings. The molecule has 0 atom stereocenters. The summed E-state index contributed by atoms with van der Waals surface area (Å²) in [6.45, 7) is 2.05. The van der Waals surface area contributed by atoms with E-state index >= 15 is 0 Å². The predicted molar refractivity (Wildman–Crippen MR) is 143 cm³/mol. The quantitative estimate of drug-likeness (QED) is 0.181. The number of fused-ring (bicyclic) bond motifs is 1. The molecule has 0 aliphatic carbocycles. The molecule has 0 bridgehead atoms. The molecule has 0 unspecified atom stereocenters. The summed E-state index contributed by atoms with van der Waals surface area (Å²) in [5, 5.41) is 19.6. The Balaban J connectivity index is 1.35. The largest absolute Gasteiger partial charge is 0.350 e. The first-order valence-electron chi connectivity index (χ1n) is 11.3. The highest BCUT2D eigenvalue weighted by Crippen LogP contribution is 2.34. The number of hydrogen-bond acceptors (Lipinski definition) is 5. The van der Waals surface area contributed by atoms with Crippen molar-refractivity contribution in [3.8, 4) is 0 Å². The van der Waals surface area contributed by atoms with Gasteiger partial charge in [0.15, 0.2) is 0 Å². The van der Waals surface area contributed by atoms with Gasteiger partial charge in [-0.05, 0) is 67.6 Å². The molecule has 5 rings (SSSR count). The van der Waals surface area contributed by atoms with Crippen LogP contribution in [0.4, 0.5) is 28.4 Å². The lowest BCUT2D eigenvalue weighted by molar-refractivity contribution is 0.918. The first-order chi connectivity index (χ1) is 17.2. The van der Waals surface area contributed by atoms with E-state index in [0.717, 1.165) is 44.9 Å². The second-order valence-corrected chi connectivity index (χ2v) is 8.20. The zero-order chi connectivity index (χ0) is 24.0. The first kappa shape index (κ1) is 22.1. The summed E-state index contributed by atoms with van der Waals surface area (Å²) >= 11 is 0. The summed E-state index contributed by atoms with van der Waals surface area (Å²) in [5.41, 5.74) is 6.25. The SMILES string of the molecule is Cc1ccc(N=Nc2ccc(N=Nc3ccc(N=Cc4cccn4C)c4ccccc34)cc2)cc1. The molecule has 0 amide bonds. The molecular formula is C29H24N6. The van der Waals surface area contributed by atoms with Gasteiger partial charge in [0.25, 0.3) is 0 Å². The van der Waals surface area contributed by atoms with Crippen LogP contribution in [0.25, 0.3) is 10.8 Å². The number of azo groups is 2. The molecule has 0 spiro atoms. The molecule has 1 heterocycles. The van der Waals surface area contributed by atoms with Crippen LogP contribution in [0.3, 0.4) is 0 Å². The van der Waals surface area contributed by atoms with Crippen molar-refractivity contribution in [2.75, 3.05) is 0 Å². The molecule has 170 valence electrons. The minimum Gasteiger partial charge on any atom is -0.350 e. The Morgan fingerprint density at radius 1 is 0.571 bits per heavy atom. The molecule has 0 fully saturated rings. The van der Waals surface area contributed by atoms with Crippen molar-refractivity contribution in [2.24, 2.45) is 32.5 Å². The first-order valence-corrected chi connectivity index (χ1v) is 11.3. The van der Waals surface area contributed by atoms with E-state index in [9.17, 15) is 0 Å². The maximum Gasteiger partial charge on any atom is 0.0936 e. The number of nitrogens with zero attached hydrogens (tertiary/aromatic N) is 6. The zero-order valence-electron chi connectivity index (χ0n) is 19.6. The number of hydrogen-bond donors (Lipinski definition) is 0. The lowest BCUT2D eigenvalue weighted by atomic mass is 10.1. The van der Waals surface area contributed by atoms with Gasteiger partial charge in [0.05, 0.1) is 40.3 Å². The fourth-order valence-corrected chi connectivity index (χ4v) is 3.64. The molecule has 4 aromatic carbocycles. The standard InChI is InChI=1S/C29H24N6/c1-21-9-11-22(12-10-21)31-32-23-13-15-24(16-14-23)33-34-29-18-17-28(26-7-3-4-8-27(26)29)30-20-25-6-5-19-35(25)2/h3-20H,1-2H3. The van der Waals surface area contributed by atoms with Crippen LogP contribution in [0, 0.1) is 6.92 Å². The van der Waals surface area contributed by atoms with Crippen LogP contribution < -0.4 is 0 Å². The Kier molecular flexibility index (Phi) is 6.35. The van der Waals surface area contributed by atoms with Crippen LogP contribution >= 0.6 is 0 Å². The topological polar surface area (TPSA) is 66.7 Å². The zero-order valence-corrected chi connectivity index (χ0v) is 19.6. The van der Waals surface area contributed by atoms with Crippen LogP contribution in [0.1, 0.15) is 11.3 Å². The predicted octanol–water partition coefficient (Wildman–Crippen LogP) is 9.07. The third kappa shape index (κ3) is 5.28. The van der Waals surface area contributed by atoms with Crippen LogP contribution in [0.2, 0.25) is 0 Å². The van der Waals surface area contributed by atoms with Gasteiger partial charge in [-0.15, -0.1) is 5.11 Å².